The molecule has 2 N–H and O–H groups in total. The second-order valence-electron chi connectivity index (χ2n) is 4.87. The number of anilines is 1. The van der Waals surface area contributed by atoms with Gasteiger partial charge in [0.2, 0.25) is 11.0 Å². The topological polar surface area (TPSA) is 72.1 Å². The summed E-state index contributed by atoms with van der Waals surface area (Å²) >= 11 is 1.56. The molecule has 1 atom stereocenters. The van der Waals surface area contributed by atoms with Crippen molar-refractivity contribution in [2.45, 2.75) is 44.1 Å². The third-order valence-electron chi connectivity index (χ3n) is 3.52. The van der Waals surface area contributed by atoms with E-state index in [1.807, 2.05) is 0 Å². The van der Waals surface area contributed by atoms with Gasteiger partial charge in [-0.05, 0) is 12.8 Å². The standard InChI is InChI=1S/C11H16N4OS/c12-8-5-9(16)15(6-8)11-14-13-10(17-11)7-3-1-2-4-7/h7-8H,1-6,12H2. The fourth-order valence-electron chi connectivity index (χ4n) is 2.59. The molecule has 5 nitrogen and oxygen atoms in total. The highest BCUT2D eigenvalue weighted by atomic mass is 32.1. The Morgan fingerprint density at radius 2 is 2.06 bits per heavy atom. The first-order valence-electron chi connectivity index (χ1n) is 6.13. The number of nitrogens with zero attached hydrogens (tertiary/aromatic N) is 3. The number of hydrogen-bond acceptors (Lipinski definition) is 5. The Morgan fingerprint density at radius 1 is 1.29 bits per heavy atom. The van der Waals surface area contributed by atoms with Crippen LogP contribution in [0.3, 0.4) is 0 Å². The molecule has 1 amide bonds. The van der Waals surface area contributed by atoms with Crippen molar-refractivity contribution in [2.24, 2.45) is 5.73 Å². The summed E-state index contributed by atoms with van der Waals surface area (Å²) in [6, 6.07) is -0.0543. The second-order valence-corrected chi connectivity index (χ2v) is 5.86. The first-order valence-corrected chi connectivity index (χ1v) is 6.95. The molecular formula is C11H16N4OS. The number of rotatable bonds is 2. The van der Waals surface area contributed by atoms with Crippen LogP contribution in [0.4, 0.5) is 5.13 Å². The molecule has 1 saturated carbocycles. The van der Waals surface area contributed by atoms with Crippen molar-refractivity contribution in [1.82, 2.24) is 10.2 Å². The molecule has 1 saturated heterocycles. The Morgan fingerprint density at radius 3 is 2.71 bits per heavy atom. The number of hydrogen-bond donors (Lipinski definition) is 1. The summed E-state index contributed by atoms with van der Waals surface area (Å²) in [4.78, 5) is 13.4. The first kappa shape index (κ1) is 11.1. The highest BCUT2D eigenvalue weighted by molar-refractivity contribution is 7.15. The van der Waals surface area contributed by atoms with Crippen LogP contribution in [-0.2, 0) is 4.79 Å². The molecule has 1 aromatic rings. The van der Waals surface area contributed by atoms with Gasteiger partial charge in [0.15, 0.2) is 0 Å². The SMILES string of the molecule is NC1CC(=O)N(c2nnc(C3CCCC3)s2)C1. The molecule has 3 rings (SSSR count). The maximum Gasteiger partial charge on any atom is 0.230 e. The number of aromatic nitrogens is 2. The van der Waals surface area contributed by atoms with Crippen LogP contribution in [-0.4, -0.2) is 28.7 Å². The minimum atomic E-state index is -0.0543. The molecule has 1 aromatic heterocycles. The summed E-state index contributed by atoms with van der Waals surface area (Å²) in [6.07, 6.45) is 5.42. The van der Waals surface area contributed by atoms with Crippen LogP contribution in [0.5, 0.6) is 0 Å². The van der Waals surface area contributed by atoms with E-state index in [-0.39, 0.29) is 11.9 Å². The van der Waals surface area contributed by atoms with Crippen LogP contribution < -0.4 is 10.6 Å². The van der Waals surface area contributed by atoms with E-state index in [0.717, 1.165) is 10.1 Å². The summed E-state index contributed by atoms with van der Waals surface area (Å²) < 4.78 is 0. The number of nitrogens with two attached hydrogens (primary N) is 1. The van der Waals surface area contributed by atoms with E-state index >= 15 is 0 Å². The van der Waals surface area contributed by atoms with Gasteiger partial charge in [-0.25, -0.2) is 0 Å². The van der Waals surface area contributed by atoms with Crippen molar-refractivity contribution in [1.29, 1.82) is 0 Å². The Labute approximate surface area is 104 Å². The van der Waals surface area contributed by atoms with Crippen LogP contribution in [0.2, 0.25) is 0 Å². The Bertz CT molecular complexity index is 427. The second kappa shape index (κ2) is 4.34. The van der Waals surface area contributed by atoms with Crippen molar-refractivity contribution >= 4 is 22.4 Å². The average molecular weight is 252 g/mol. The van der Waals surface area contributed by atoms with Crippen LogP contribution >= 0.6 is 11.3 Å². The smallest absolute Gasteiger partial charge is 0.230 e. The van der Waals surface area contributed by atoms with Gasteiger partial charge in [-0.15, -0.1) is 10.2 Å². The van der Waals surface area contributed by atoms with E-state index < -0.39 is 0 Å². The zero-order chi connectivity index (χ0) is 11.8. The third-order valence-corrected chi connectivity index (χ3v) is 4.63. The van der Waals surface area contributed by atoms with Crippen molar-refractivity contribution in [3.8, 4) is 0 Å². The summed E-state index contributed by atoms with van der Waals surface area (Å²) in [7, 11) is 0. The van der Waals surface area contributed by atoms with Gasteiger partial charge in [0.1, 0.15) is 5.01 Å². The van der Waals surface area contributed by atoms with Gasteiger partial charge in [0.25, 0.3) is 0 Å². The molecular weight excluding hydrogens is 236 g/mol. The van der Waals surface area contributed by atoms with E-state index in [4.69, 9.17) is 5.73 Å². The van der Waals surface area contributed by atoms with Crippen molar-refractivity contribution in [3.63, 3.8) is 0 Å². The highest BCUT2D eigenvalue weighted by Gasteiger charge is 2.31. The molecule has 2 fully saturated rings. The number of amides is 1. The van der Waals surface area contributed by atoms with Gasteiger partial charge in [0.05, 0.1) is 0 Å². The molecule has 92 valence electrons. The minimum absolute atomic E-state index is 0.0543. The number of carbonyl (C=O) groups excluding carboxylic acids is 1. The lowest BCUT2D eigenvalue weighted by Crippen LogP contribution is -2.27. The fraction of sp³-hybridized carbons (Fsp3) is 0.727. The lowest BCUT2D eigenvalue weighted by molar-refractivity contribution is -0.117. The normalized spacial score (nSPS) is 26.1. The zero-order valence-electron chi connectivity index (χ0n) is 9.63. The summed E-state index contributed by atoms with van der Waals surface area (Å²) in [6.45, 7) is 0.581. The maximum absolute atomic E-state index is 11.7. The van der Waals surface area contributed by atoms with Gasteiger partial charge in [-0.3, -0.25) is 9.69 Å². The molecule has 0 spiro atoms. The molecule has 0 bridgehead atoms. The van der Waals surface area contributed by atoms with Gasteiger partial charge in [-0.1, -0.05) is 24.2 Å². The molecule has 1 aliphatic carbocycles. The van der Waals surface area contributed by atoms with Crippen molar-refractivity contribution < 1.29 is 4.79 Å². The molecule has 17 heavy (non-hydrogen) atoms. The average Bonchev–Trinajstić information content (AvgIpc) is 2.97. The summed E-state index contributed by atoms with van der Waals surface area (Å²) in [5, 5.41) is 10.2. The van der Waals surface area contributed by atoms with E-state index in [1.165, 1.54) is 25.7 Å². The lowest BCUT2D eigenvalue weighted by atomic mass is 10.1. The van der Waals surface area contributed by atoms with E-state index in [2.05, 4.69) is 10.2 Å². The minimum Gasteiger partial charge on any atom is -0.326 e. The lowest BCUT2D eigenvalue weighted by Gasteiger charge is -2.10. The van der Waals surface area contributed by atoms with Gasteiger partial charge in [-0.2, -0.15) is 0 Å². The molecule has 6 heteroatoms. The van der Waals surface area contributed by atoms with E-state index in [0.29, 0.717) is 18.9 Å². The third kappa shape index (κ3) is 2.07. The molecule has 0 radical (unpaired) electrons. The predicted molar refractivity (Wildman–Crippen MR) is 66.1 cm³/mol. The quantitative estimate of drug-likeness (QED) is 0.860. The Hall–Kier alpha value is -1.01. The fourth-order valence-corrected chi connectivity index (χ4v) is 3.63. The molecule has 1 unspecified atom stereocenters. The highest BCUT2D eigenvalue weighted by Crippen LogP contribution is 2.37. The van der Waals surface area contributed by atoms with Crippen LogP contribution in [0.25, 0.3) is 0 Å². The molecule has 2 aliphatic rings. The monoisotopic (exact) mass is 252 g/mol. The Balaban J connectivity index is 1.78. The van der Waals surface area contributed by atoms with Crippen LogP contribution in [0.15, 0.2) is 0 Å². The molecule has 2 heterocycles. The summed E-state index contributed by atoms with van der Waals surface area (Å²) in [5.41, 5.74) is 5.78. The van der Waals surface area contributed by atoms with Crippen molar-refractivity contribution in [2.75, 3.05) is 11.4 Å². The van der Waals surface area contributed by atoms with Gasteiger partial charge >= 0.3 is 0 Å². The van der Waals surface area contributed by atoms with E-state index in [1.54, 1.807) is 16.2 Å². The molecule has 0 aromatic carbocycles. The maximum atomic E-state index is 11.7. The molecule has 1 aliphatic heterocycles. The predicted octanol–water partition coefficient (Wildman–Crippen LogP) is 1.26. The van der Waals surface area contributed by atoms with Crippen LogP contribution in [0.1, 0.15) is 43.0 Å². The van der Waals surface area contributed by atoms with Gasteiger partial charge in [0, 0.05) is 24.9 Å². The number of carbonyl (C=O) groups is 1. The first-order chi connectivity index (χ1) is 8.24. The largest absolute Gasteiger partial charge is 0.326 e. The summed E-state index contributed by atoms with van der Waals surface area (Å²) in [5.74, 6) is 0.638. The van der Waals surface area contributed by atoms with Crippen LogP contribution in [0, 0.1) is 0 Å². The van der Waals surface area contributed by atoms with Gasteiger partial charge < -0.3 is 5.73 Å². The Kier molecular flexibility index (Phi) is 2.84. The van der Waals surface area contributed by atoms with E-state index in [9.17, 15) is 4.79 Å². The zero-order valence-corrected chi connectivity index (χ0v) is 10.4. The van der Waals surface area contributed by atoms with Crippen molar-refractivity contribution in [3.05, 3.63) is 5.01 Å².